The average Bonchev–Trinajstić information content (AvgIpc) is 3.45. The van der Waals surface area contributed by atoms with Gasteiger partial charge in [-0.3, -0.25) is 19.2 Å². The molecule has 59 heavy (non-hydrogen) atoms. The molecule has 0 bridgehead atoms. The molecule has 15 nitrogen and oxygen atoms in total. The van der Waals surface area contributed by atoms with Crippen LogP contribution < -0.4 is 21.3 Å². The van der Waals surface area contributed by atoms with Crippen LogP contribution in [0.2, 0.25) is 0 Å². The molecule has 1 rings (SSSR count). The van der Waals surface area contributed by atoms with Gasteiger partial charge in [0.25, 0.3) is 11.8 Å². The Morgan fingerprint density at radius 2 is 1.07 bits per heavy atom. The number of nitrogens with one attached hydrogen (secondary N) is 4. The van der Waals surface area contributed by atoms with E-state index in [1.54, 1.807) is 41.5 Å². The first-order chi connectivity index (χ1) is 27.9. The molecule has 0 aliphatic carbocycles. The molecule has 2 unspecified atom stereocenters. The number of imide groups is 1. The number of hydrogen-bond donors (Lipinski definition) is 4. The quantitative estimate of drug-likeness (QED) is 0.0313. The standard InChI is InChI=1S/C44H77N5O10/c1-8-9-10-11-12-13-14-15-16-17-18-19-20-21-22-29-36(50)47-34(27-23-25-32-45-41(55)57-43(2,3)4)39(53)48-35(40(54)59-49-37(51)30-31-38(49)52)28-24-26-33-46-42(56)58-44(5,6)7/h15-16,34-35H,8-14,17-33H2,1-7H3,(H,45,55)(H,46,56)(H,47,50)(H,48,53)/b16-15-. The number of rotatable bonds is 30. The number of allylic oxidation sites excluding steroid dienone is 2. The molecule has 2 atom stereocenters. The fourth-order valence-electron chi connectivity index (χ4n) is 6.18. The third kappa shape index (κ3) is 28.0. The van der Waals surface area contributed by atoms with E-state index >= 15 is 0 Å². The van der Waals surface area contributed by atoms with Crippen molar-refractivity contribution in [3.05, 3.63) is 12.2 Å². The van der Waals surface area contributed by atoms with E-state index in [0.29, 0.717) is 37.2 Å². The van der Waals surface area contributed by atoms with Gasteiger partial charge in [-0.05, 0) is 112 Å². The zero-order valence-corrected chi connectivity index (χ0v) is 37.3. The molecule has 0 aromatic heterocycles. The number of alkyl carbamates (subject to hydrolysis) is 2. The lowest BCUT2D eigenvalue weighted by Gasteiger charge is -2.24. The Labute approximate surface area is 353 Å². The highest BCUT2D eigenvalue weighted by molar-refractivity contribution is 6.02. The van der Waals surface area contributed by atoms with Crippen molar-refractivity contribution >= 4 is 41.8 Å². The van der Waals surface area contributed by atoms with Gasteiger partial charge in [0.15, 0.2) is 0 Å². The van der Waals surface area contributed by atoms with E-state index in [1.807, 2.05) is 0 Å². The van der Waals surface area contributed by atoms with Crippen LogP contribution >= 0.6 is 0 Å². The van der Waals surface area contributed by atoms with Crippen LogP contribution in [0.25, 0.3) is 0 Å². The lowest BCUT2D eigenvalue weighted by molar-refractivity contribution is -0.199. The summed E-state index contributed by atoms with van der Waals surface area (Å²) < 4.78 is 10.5. The summed E-state index contributed by atoms with van der Waals surface area (Å²) in [5, 5.41) is 11.3. The van der Waals surface area contributed by atoms with Gasteiger partial charge in [-0.1, -0.05) is 70.4 Å². The van der Waals surface area contributed by atoms with Crippen LogP contribution in [0, 0.1) is 0 Å². The molecule has 1 saturated heterocycles. The number of carbonyl (C=O) groups excluding carboxylic acids is 7. The van der Waals surface area contributed by atoms with E-state index in [4.69, 9.17) is 14.3 Å². The van der Waals surface area contributed by atoms with Crippen molar-refractivity contribution in [1.29, 1.82) is 0 Å². The molecule has 0 aromatic rings. The molecule has 15 heteroatoms. The molecule has 6 amide bonds. The van der Waals surface area contributed by atoms with E-state index in [2.05, 4.69) is 40.3 Å². The van der Waals surface area contributed by atoms with Gasteiger partial charge in [0.2, 0.25) is 11.8 Å². The topological polar surface area (TPSA) is 199 Å². The first-order valence-electron chi connectivity index (χ1n) is 22.2. The zero-order chi connectivity index (χ0) is 44.1. The van der Waals surface area contributed by atoms with E-state index in [1.165, 1.54) is 38.5 Å². The predicted octanol–water partition coefficient (Wildman–Crippen LogP) is 7.99. The molecule has 1 heterocycles. The number of carbonyl (C=O) groups is 7. The van der Waals surface area contributed by atoms with Crippen molar-refractivity contribution < 1.29 is 47.9 Å². The number of unbranched alkanes of at least 4 members (excludes halogenated alkanes) is 13. The molecule has 338 valence electrons. The summed E-state index contributed by atoms with van der Waals surface area (Å²) in [6.07, 6.45) is 20.2. The van der Waals surface area contributed by atoms with Crippen molar-refractivity contribution in [3.63, 3.8) is 0 Å². The fourth-order valence-corrected chi connectivity index (χ4v) is 6.18. The number of nitrogens with zero attached hydrogens (tertiary/aromatic N) is 1. The first kappa shape index (κ1) is 52.8. The summed E-state index contributed by atoms with van der Waals surface area (Å²) in [5.74, 6) is -3.24. The third-order valence-electron chi connectivity index (χ3n) is 9.28. The predicted molar refractivity (Wildman–Crippen MR) is 227 cm³/mol. The highest BCUT2D eigenvalue weighted by atomic mass is 16.7. The molecule has 1 fully saturated rings. The van der Waals surface area contributed by atoms with Crippen molar-refractivity contribution in [2.45, 2.75) is 213 Å². The molecule has 4 N–H and O–H groups in total. The molecule has 1 aliphatic rings. The van der Waals surface area contributed by atoms with Gasteiger partial charge in [0, 0.05) is 32.4 Å². The Balaban J connectivity index is 2.79. The maximum Gasteiger partial charge on any atom is 0.407 e. The lowest BCUT2D eigenvalue weighted by atomic mass is 10.0. The van der Waals surface area contributed by atoms with Crippen molar-refractivity contribution in [2.75, 3.05) is 13.1 Å². The number of hydroxylamine groups is 2. The minimum atomic E-state index is -1.26. The van der Waals surface area contributed by atoms with Crippen molar-refractivity contribution in [3.8, 4) is 0 Å². The summed E-state index contributed by atoms with van der Waals surface area (Å²) in [5.41, 5.74) is -1.32. The molecule has 0 saturated carbocycles. The lowest BCUT2D eigenvalue weighted by Crippen LogP contribution is -2.52. The number of ether oxygens (including phenoxy) is 2. The van der Waals surface area contributed by atoms with Crippen LogP contribution in [0.15, 0.2) is 12.2 Å². The Bertz CT molecular complexity index is 1310. The van der Waals surface area contributed by atoms with Gasteiger partial charge in [-0.2, -0.15) is 0 Å². The largest absolute Gasteiger partial charge is 0.444 e. The van der Waals surface area contributed by atoms with Crippen LogP contribution in [0.3, 0.4) is 0 Å². The highest BCUT2D eigenvalue weighted by Gasteiger charge is 2.36. The monoisotopic (exact) mass is 836 g/mol. The second-order valence-electron chi connectivity index (χ2n) is 17.4. The Morgan fingerprint density at radius 1 is 0.610 bits per heavy atom. The maximum atomic E-state index is 13.8. The van der Waals surface area contributed by atoms with E-state index < -0.39 is 59.2 Å². The van der Waals surface area contributed by atoms with E-state index in [0.717, 1.165) is 38.5 Å². The van der Waals surface area contributed by atoms with Crippen LogP contribution in [0.5, 0.6) is 0 Å². The second-order valence-corrected chi connectivity index (χ2v) is 17.4. The summed E-state index contributed by atoms with van der Waals surface area (Å²) in [7, 11) is 0. The van der Waals surface area contributed by atoms with E-state index in [-0.39, 0.29) is 51.1 Å². The van der Waals surface area contributed by atoms with Gasteiger partial charge < -0.3 is 35.6 Å². The van der Waals surface area contributed by atoms with Crippen LogP contribution in [0.4, 0.5) is 9.59 Å². The molecular formula is C44H77N5O10. The van der Waals surface area contributed by atoms with Gasteiger partial charge >= 0.3 is 18.2 Å². The number of hydrogen-bond acceptors (Lipinski definition) is 10. The SMILES string of the molecule is CCCCCCCC/C=C\CCCCCCCC(=O)NC(CCCCNC(=O)OC(C)(C)C)C(=O)NC(CCCCNC(=O)OC(C)(C)C)C(=O)ON1C(=O)CCC1=O. The number of amides is 6. The van der Waals surface area contributed by atoms with Crippen LogP contribution in [0.1, 0.15) is 190 Å². The summed E-state index contributed by atoms with van der Waals surface area (Å²) in [6.45, 7) is 13.3. The summed E-state index contributed by atoms with van der Waals surface area (Å²) >= 11 is 0. The maximum absolute atomic E-state index is 13.8. The van der Waals surface area contributed by atoms with Crippen LogP contribution in [-0.2, 0) is 38.3 Å². The highest BCUT2D eigenvalue weighted by Crippen LogP contribution is 2.16. The van der Waals surface area contributed by atoms with Crippen molar-refractivity contribution in [1.82, 2.24) is 26.3 Å². The van der Waals surface area contributed by atoms with Crippen LogP contribution in [-0.4, -0.2) is 83.2 Å². The Kier molecular flexibility index (Phi) is 26.8. The molecule has 0 spiro atoms. The minimum absolute atomic E-state index is 0.0617. The summed E-state index contributed by atoms with van der Waals surface area (Å²) in [6, 6.07) is -2.27. The molecule has 0 aromatic carbocycles. The normalized spacial score (nSPS) is 14.2. The Morgan fingerprint density at radius 3 is 1.56 bits per heavy atom. The minimum Gasteiger partial charge on any atom is -0.444 e. The van der Waals surface area contributed by atoms with Gasteiger partial charge in [0.05, 0.1) is 0 Å². The third-order valence-corrected chi connectivity index (χ3v) is 9.28. The molecule has 0 radical (unpaired) electrons. The molecule has 1 aliphatic heterocycles. The Hall–Kier alpha value is -4.17. The van der Waals surface area contributed by atoms with Gasteiger partial charge in [-0.25, -0.2) is 14.4 Å². The fraction of sp³-hybridized carbons (Fsp3) is 0.795. The average molecular weight is 836 g/mol. The summed E-state index contributed by atoms with van der Waals surface area (Å²) in [4.78, 5) is 93.9. The first-order valence-corrected chi connectivity index (χ1v) is 22.2. The van der Waals surface area contributed by atoms with Crippen molar-refractivity contribution in [2.24, 2.45) is 0 Å². The zero-order valence-electron chi connectivity index (χ0n) is 37.3. The molecular weight excluding hydrogens is 759 g/mol. The van der Waals surface area contributed by atoms with E-state index in [9.17, 15) is 33.6 Å². The smallest absolute Gasteiger partial charge is 0.407 e. The van der Waals surface area contributed by atoms with Gasteiger partial charge in [-0.15, -0.1) is 5.06 Å². The second kappa shape index (κ2) is 29.9. The van der Waals surface area contributed by atoms with Gasteiger partial charge in [0.1, 0.15) is 23.3 Å².